The molecule has 0 N–H and O–H groups in total. The number of alkyl halides is 3. The van der Waals surface area contributed by atoms with Crippen molar-refractivity contribution >= 4 is 43.0 Å². The van der Waals surface area contributed by atoms with E-state index in [1.54, 1.807) is 39.0 Å². The number of hydrogen-bond donors (Lipinski definition) is 0. The Morgan fingerprint density at radius 2 is 1.86 bits per heavy atom. The summed E-state index contributed by atoms with van der Waals surface area (Å²) in [6.45, 7) is 6.08. The van der Waals surface area contributed by atoms with Gasteiger partial charge in [-0.25, -0.2) is 8.42 Å². The quantitative estimate of drug-likeness (QED) is 0.274. The van der Waals surface area contributed by atoms with Crippen LogP contribution in [-0.4, -0.2) is 44.7 Å². The number of rotatable bonds is 10. The zero-order valence-electron chi connectivity index (χ0n) is 19.8. The minimum Gasteiger partial charge on any atom is -0.489 e. The Kier molecular flexibility index (Phi) is 8.62. The normalized spacial score (nSPS) is 13.4. The van der Waals surface area contributed by atoms with Crippen LogP contribution in [0.1, 0.15) is 31.4 Å². The van der Waals surface area contributed by atoms with Crippen LogP contribution in [0.2, 0.25) is 5.02 Å². The highest BCUT2D eigenvalue weighted by Gasteiger charge is 2.31. The van der Waals surface area contributed by atoms with Crippen LogP contribution >= 0.6 is 22.9 Å². The van der Waals surface area contributed by atoms with Crippen LogP contribution in [0.15, 0.2) is 40.6 Å². The number of benzene rings is 2. The predicted molar refractivity (Wildman–Crippen MR) is 133 cm³/mol. The van der Waals surface area contributed by atoms with Crippen LogP contribution in [0.5, 0.6) is 11.5 Å². The summed E-state index contributed by atoms with van der Waals surface area (Å²) in [5, 5.41) is 1.35. The van der Waals surface area contributed by atoms with Crippen LogP contribution in [-0.2, 0) is 10.0 Å². The van der Waals surface area contributed by atoms with Gasteiger partial charge >= 0.3 is 6.18 Å². The maximum atomic E-state index is 13.6. The Hall–Kier alpha value is -2.01. The third kappa shape index (κ3) is 6.81. The first-order valence-electron chi connectivity index (χ1n) is 11.0. The maximum absolute atomic E-state index is 13.6. The van der Waals surface area contributed by atoms with Crippen LogP contribution in [0, 0.1) is 13.8 Å². The summed E-state index contributed by atoms with van der Waals surface area (Å²) in [5.41, 5.74) is 1.14. The van der Waals surface area contributed by atoms with E-state index in [1.807, 2.05) is 13.0 Å². The second-order valence-corrected chi connectivity index (χ2v) is 11.9. The molecule has 0 aliphatic heterocycles. The number of sulfonamides is 1. The highest BCUT2D eigenvalue weighted by Crippen LogP contribution is 2.37. The molecule has 0 bridgehead atoms. The fourth-order valence-electron chi connectivity index (χ4n) is 3.67. The molecule has 0 aliphatic rings. The molecular formula is C24H27ClF3NO4S2. The molecule has 1 heterocycles. The van der Waals surface area contributed by atoms with E-state index in [9.17, 15) is 21.6 Å². The molecule has 0 radical (unpaired) electrons. The van der Waals surface area contributed by atoms with E-state index < -0.39 is 28.9 Å². The maximum Gasteiger partial charge on any atom is 0.422 e. The first kappa shape index (κ1) is 27.6. The second-order valence-electron chi connectivity index (χ2n) is 8.28. The van der Waals surface area contributed by atoms with Gasteiger partial charge < -0.3 is 9.47 Å². The highest BCUT2D eigenvalue weighted by molar-refractivity contribution is 7.91. The Balaban J connectivity index is 1.77. The lowest BCUT2D eigenvalue weighted by Gasteiger charge is -2.25. The molecule has 0 aliphatic carbocycles. The molecule has 0 saturated heterocycles. The summed E-state index contributed by atoms with van der Waals surface area (Å²) in [7, 11) is -3.79. The molecule has 3 aromatic rings. The van der Waals surface area contributed by atoms with Crippen LogP contribution in [0.4, 0.5) is 13.2 Å². The van der Waals surface area contributed by atoms with Crippen molar-refractivity contribution in [3.63, 3.8) is 0 Å². The summed E-state index contributed by atoms with van der Waals surface area (Å²) in [5.74, 6) is 0.522. The van der Waals surface area contributed by atoms with Gasteiger partial charge in [-0.15, -0.1) is 11.3 Å². The molecule has 0 spiro atoms. The van der Waals surface area contributed by atoms with Gasteiger partial charge in [-0.2, -0.15) is 17.5 Å². The third-order valence-corrected chi connectivity index (χ3v) is 9.21. The van der Waals surface area contributed by atoms with Gasteiger partial charge in [0.2, 0.25) is 0 Å². The predicted octanol–water partition coefficient (Wildman–Crippen LogP) is 6.98. The minimum absolute atomic E-state index is 0.107. The van der Waals surface area contributed by atoms with Crippen LogP contribution in [0.25, 0.3) is 10.1 Å². The van der Waals surface area contributed by atoms with Gasteiger partial charge in [0.05, 0.1) is 6.54 Å². The first-order valence-corrected chi connectivity index (χ1v) is 13.6. The van der Waals surface area contributed by atoms with Gasteiger partial charge in [0.1, 0.15) is 21.8 Å². The molecule has 0 fully saturated rings. The molecule has 11 heteroatoms. The highest BCUT2D eigenvalue weighted by atomic mass is 35.5. The van der Waals surface area contributed by atoms with Crippen molar-refractivity contribution in [2.75, 3.05) is 19.7 Å². The van der Waals surface area contributed by atoms with Gasteiger partial charge in [0.15, 0.2) is 6.61 Å². The smallest absolute Gasteiger partial charge is 0.422 e. The number of halogens is 4. The summed E-state index contributed by atoms with van der Waals surface area (Å²) in [4.78, 5) is 0. The van der Waals surface area contributed by atoms with Crippen molar-refractivity contribution in [1.82, 2.24) is 4.31 Å². The Morgan fingerprint density at radius 1 is 1.14 bits per heavy atom. The van der Waals surface area contributed by atoms with Crippen molar-refractivity contribution in [2.24, 2.45) is 0 Å². The SMILES string of the molecule is CCCN(CC(C)Oc1ccc(OCC(F)(F)F)c(C)c1)S(=O)(=O)c1sc2ccc(Cl)cc2c1C. The number of fused-ring (bicyclic) bond motifs is 1. The molecule has 5 nitrogen and oxygen atoms in total. The molecule has 1 atom stereocenters. The fraction of sp³-hybridized carbons (Fsp3) is 0.417. The lowest BCUT2D eigenvalue weighted by Crippen LogP contribution is -2.39. The number of ether oxygens (including phenoxy) is 2. The van der Waals surface area contributed by atoms with Crippen molar-refractivity contribution in [3.05, 3.63) is 52.5 Å². The molecule has 2 aromatic carbocycles. The molecule has 0 amide bonds. The summed E-state index contributed by atoms with van der Waals surface area (Å²) in [6, 6.07) is 9.80. The lowest BCUT2D eigenvalue weighted by molar-refractivity contribution is -0.153. The molecule has 0 saturated carbocycles. The number of nitrogens with zero attached hydrogens (tertiary/aromatic N) is 1. The average molecular weight is 550 g/mol. The molecule has 1 unspecified atom stereocenters. The Bertz CT molecular complexity index is 1290. The molecule has 3 rings (SSSR count). The second kappa shape index (κ2) is 10.9. The zero-order chi connectivity index (χ0) is 26.0. The zero-order valence-corrected chi connectivity index (χ0v) is 22.2. The monoisotopic (exact) mass is 549 g/mol. The van der Waals surface area contributed by atoms with Gasteiger partial charge in [0, 0.05) is 16.3 Å². The van der Waals surface area contributed by atoms with Gasteiger partial charge in [0.25, 0.3) is 10.0 Å². The van der Waals surface area contributed by atoms with E-state index in [0.717, 1.165) is 10.1 Å². The van der Waals surface area contributed by atoms with Gasteiger partial charge in [-0.3, -0.25) is 0 Å². The van der Waals surface area contributed by atoms with E-state index >= 15 is 0 Å². The van der Waals surface area contributed by atoms with E-state index in [4.69, 9.17) is 21.1 Å². The number of hydrogen-bond acceptors (Lipinski definition) is 5. The van der Waals surface area contributed by atoms with E-state index in [2.05, 4.69) is 0 Å². The Morgan fingerprint density at radius 3 is 2.49 bits per heavy atom. The number of aryl methyl sites for hydroxylation is 2. The van der Waals surface area contributed by atoms with E-state index in [1.165, 1.54) is 27.8 Å². The van der Waals surface area contributed by atoms with Crippen LogP contribution < -0.4 is 9.47 Å². The average Bonchev–Trinajstić information content (AvgIpc) is 3.09. The third-order valence-electron chi connectivity index (χ3n) is 5.24. The van der Waals surface area contributed by atoms with Crippen molar-refractivity contribution in [1.29, 1.82) is 0 Å². The molecule has 192 valence electrons. The summed E-state index contributed by atoms with van der Waals surface area (Å²) >= 11 is 7.31. The van der Waals surface area contributed by atoms with Crippen LogP contribution in [0.3, 0.4) is 0 Å². The first-order chi connectivity index (χ1) is 16.3. The minimum atomic E-state index is -4.43. The van der Waals surface area contributed by atoms with E-state index in [-0.39, 0.29) is 16.5 Å². The Labute approximate surface area is 212 Å². The van der Waals surface area contributed by atoms with Gasteiger partial charge in [-0.1, -0.05) is 18.5 Å². The summed E-state index contributed by atoms with van der Waals surface area (Å²) < 4.78 is 77.7. The largest absolute Gasteiger partial charge is 0.489 e. The van der Waals surface area contributed by atoms with Crippen molar-refractivity contribution in [2.45, 2.75) is 50.6 Å². The molecule has 35 heavy (non-hydrogen) atoms. The van der Waals surface area contributed by atoms with Gasteiger partial charge in [-0.05, 0) is 80.1 Å². The fourth-order valence-corrected chi connectivity index (χ4v) is 7.33. The summed E-state index contributed by atoms with van der Waals surface area (Å²) in [6.07, 6.45) is -4.32. The number of thiophene rings is 1. The molecular weight excluding hydrogens is 523 g/mol. The van der Waals surface area contributed by atoms with Crippen molar-refractivity contribution < 1.29 is 31.1 Å². The molecule has 1 aromatic heterocycles. The lowest BCUT2D eigenvalue weighted by atomic mass is 10.2. The van der Waals surface area contributed by atoms with Crippen molar-refractivity contribution in [3.8, 4) is 11.5 Å². The topological polar surface area (TPSA) is 55.8 Å². The standard InChI is InChI=1S/C24H27ClF3NO4S2/c1-5-10-29(35(30,31)23-17(4)20-12-18(25)6-9-22(20)34-23)13-16(3)33-19-7-8-21(15(2)11-19)32-14-24(26,27)28/h6-9,11-12,16H,5,10,13-14H2,1-4H3. The van der Waals surface area contributed by atoms with E-state index in [0.29, 0.717) is 34.9 Å².